The van der Waals surface area contributed by atoms with E-state index >= 15 is 0 Å². The van der Waals surface area contributed by atoms with E-state index in [4.69, 9.17) is 0 Å². The highest BCUT2D eigenvalue weighted by Crippen LogP contribution is 2.33. The van der Waals surface area contributed by atoms with E-state index in [1.807, 2.05) is 23.6 Å². The number of rotatable bonds is 6. The molecule has 0 spiro atoms. The zero-order chi connectivity index (χ0) is 23.4. The molecule has 2 aromatic heterocycles. The molecule has 1 amide bonds. The van der Waals surface area contributed by atoms with E-state index in [2.05, 4.69) is 15.3 Å². The number of nitrogens with one attached hydrogen (secondary N) is 1. The first kappa shape index (κ1) is 22.8. The number of carbonyl (C=O) groups excluding carboxylic acids is 1. The predicted molar refractivity (Wildman–Crippen MR) is 125 cm³/mol. The van der Waals surface area contributed by atoms with Crippen LogP contribution in [0.4, 0.5) is 24.0 Å². The molecule has 0 saturated heterocycles. The van der Waals surface area contributed by atoms with Crippen LogP contribution in [0.3, 0.4) is 0 Å². The molecule has 0 saturated carbocycles. The average molecular weight is 487 g/mol. The van der Waals surface area contributed by atoms with Crippen molar-refractivity contribution in [2.24, 2.45) is 0 Å². The van der Waals surface area contributed by atoms with E-state index in [0.29, 0.717) is 22.1 Å². The number of nitrogens with zero attached hydrogens (tertiary/aromatic N) is 3. The summed E-state index contributed by atoms with van der Waals surface area (Å²) in [6.07, 6.45) is -2.68. The van der Waals surface area contributed by atoms with Gasteiger partial charge in [0.05, 0.1) is 11.3 Å². The molecular weight excluding hydrogens is 469 g/mol. The van der Waals surface area contributed by atoms with Gasteiger partial charge in [0.1, 0.15) is 5.69 Å². The second kappa shape index (κ2) is 9.63. The molecule has 0 bridgehead atoms. The first-order chi connectivity index (χ1) is 15.8. The Morgan fingerprint density at radius 3 is 2.36 bits per heavy atom. The number of halogens is 3. The van der Waals surface area contributed by atoms with Gasteiger partial charge in [-0.15, -0.1) is 11.3 Å². The van der Waals surface area contributed by atoms with Crippen molar-refractivity contribution >= 4 is 40.0 Å². The normalized spacial score (nSPS) is 11.3. The lowest BCUT2D eigenvalue weighted by molar-refractivity contribution is -0.137. The van der Waals surface area contributed by atoms with Crippen molar-refractivity contribution in [3.05, 3.63) is 89.4 Å². The summed E-state index contributed by atoms with van der Waals surface area (Å²) in [5.74, 6) is -0.287. The van der Waals surface area contributed by atoms with Crippen LogP contribution in [0.25, 0.3) is 11.4 Å². The number of anilines is 2. The lowest BCUT2D eigenvalue weighted by atomic mass is 10.2. The Morgan fingerprint density at radius 2 is 1.73 bits per heavy atom. The third-order valence-corrected chi connectivity index (χ3v) is 6.29. The Morgan fingerprint density at radius 1 is 1.00 bits per heavy atom. The SMILES string of the molecule is CN(Sc1ccc(C(=O)Nc2nc(-c3ccccn3)cs2)cc1)c1ccc(C(F)(F)F)cc1. The van der Waals surface area contributed by atoms with Crippen LogP contribution < -0.4 is 9.62 Å². The minimum atomic E-state index is -4.36. The number of alkyl halides is 3. The van der Waals surface area contributed by atoms with Crippen molar-refractivity contribution < 1.29 is 18.0 Å². The lowest BCUT2D eigenvalue weighted by Gasteiger charge is -2.18. The largest absolute Gasteiger partial charge is 0.416 e. The minimum absolute atomic E-state index is 0.287. The molecule has 168 valence electrons. The smallest absolute Gasteiger partial charge is 0.315 e. The maximum atomic E-state index is 12.7. The average Bonchev–Trinajstić information content (AvgIpc) is 3.28. The number of aromatic nitrogens is 2. The summed E-state index contributed by atoms with van der Waals surface area (Å²) >= 11 is 2.65. The fourth-order valence-electron chi connectivity index (χ4n) is 2.87. The first-order valence-electron chi connectivity index (χ1n) is 9.67. The molecule has 0 radical (unpaired) electrons. The van der Waals surface area contributed by atoms with Crippen molar-refractivity contribution in [3.63, 3.8) is 0 Å². The number of hydrogen-bond donors (Lipinski definition) is 1. The standard InChI is InChI=1S/C23H17F3N4OS2/c1-30(17-9-7-16(8-10-17)23(24,25)26)33-18-11-5-15(6-12-18)21(31)29-22-28-20(14-32-22)19-4-2-3-13-27-19/h2-14H,1H3,(H,28,29,31). The highest BCUT2D eigenvalue weighted by Gasteiger charge is 2.30. The molecule has 5 nitrogen and oxygen atoms in total. The highest BCUT2D eigenvalue weighted by atomic mass is 32.2. The van der Waals surface area contributed by atoms with Gasteiger partial charge >= 0.3 is 6.18 Å². The molecule has 2 heterocycles. The molecule has 1 N–H and O–H groups in total. The number of carbonyl (C=O) groups is 1. The number of pyridine rings is 1. The van der Waals surface area contributed by atoms with E-state index in [-0.39, 0.29) is 5.91 Å². The van der Waals surface area contributed by atoms with Gasteiger partial charge in [-0.3, -0.25) is 15.1 Å². The molecule has 0 fully saturated rings. The van der Waals surface area contributed by atoms with E-state index in [1.54, 1.807) is 41.8 Å². The Hall–Kier alpha value is -3.37. The van der Waals surface area contributed by atoms with Crippen LogP contribution in [0.15, 0.2) is 83.2 Å². The molecule has 4 rings (SSSR count). The Kier molecular flexibility index (Phi) is 6.66. The topological polar surface area (TPSA) is 58.1 Å². The maximum absolute atomic E-state index is 12.7. The van der Waals surface area contributed by atoms with Crippen LogP contribution in [-0.4, -0.2) is 22.9 Å². The number of amides is 1. The van der Waals surface area contributed by atoms with Crippen LogP contribution in [-0.2, 0) is 6.18 Å². The Bertz CT molecular complexity index is 1230. The number of hydrogen-bond acceptors (Lipinski definition) is 6. The second-order valence-electron chi connectivity index (χ2n) is 6.86. The summed E-state index contributed by atoms with van der Waals surface area (Å²) in [4.78, 5) is 22.0. The zero-order valence-corrected chi connectivity index (χ0v) is 18.8. The van der Waals surface area contributed by atoms with E-state index in [9.17, 15) is 18.0 Å². The lowest BCUT2D eigenvalue weighted by Crippen LogP contribution is -2.12. The van der Waals surface area contributed by atoms with Gasteiger partial charge in [-0.2, -0.15) is 13.2 Å². The molecular formula is C23H17F3N4OS2. The van der Waals surface area contributed by atoms with Crippen molar-refractivity contribution in [3.8, 4) is 11.4 Å². The van der Waals surface area contributed by atoms with Gasteiger partial charge in [0.25, 0.3) is 5.91 Å². The van der Waals surface area contributed by atoms with Gasteiger partial charge in [-0.25, -0.2) is 4.98 Å². The minimum Gasteiger partial charge on any atom is -0.315 e. The summed E-state index contributed by atoms with van der Waals surface area (Å²) in [6.45, 7) is 0. The molecule has 0 aliphatic carbocycles. The third-order valence-electron chi connectivity index (χ3n) is 4.57. The molecule has 0 atom stereocenters. The summed E-state index contributed by atoms with van der Waals surface area (Å²) in [5.41, 5.74) is 1.82. The molecule has 0 unspecified atom stereocenters. The van der Waals surface area contributed by atoms with E-state index < -0.39 is 11.7 Å². The van der Waals surface area contributed by atoms with Gasteiger partial charge in [0.15, 0.2) is 5.13 Å². The van der Waals surface area contributed by atoms with Gasteiger partial charge in [0.2, 0.25) is 0 Å². The fraction of sp³-hybridized carbons (Fsp3) is 0.0870. The summed E-state index contributed by atoms with van der Waals surface area (Å²) in [7, 11) is 1.76. The fourth-order valence-corrected chi connectivity index (χ4v) is 4.37. The Balaban J connectivity index is 1.37. The molecule has 2 aromatic carbocycles. The predicted octanol–water partition coefficient (Wildman–Crippen LogP) is 6.62. The summed E-state index contributed by atoms with van der Waals surface area (Å²) in [6, 6.07) is 17.4. The first-order valence-corrected chi connectivity index (χ1v) is 11.3. The quantitative estimate of drug-likeness (QED) is 0.311. The monoisotopic (exact) mass is 486 g/mol. The van der Waals surface area contributed by atoms with Crippen LogP contribution >= 0.6 is 23.3 Å². The van der Waals surface area contributed by atoms with Crippen LogP contribution in [0.1, 0.15) is 15.9 Å². The van der Waals surface area contributed by atoms with Gasteiger partial charge in [-0.1, -0.05) is 6.07 Å². The van der Waals surface area contributed by atoms with Crippen molar-refractivity contribution in [2.75, 3.05) is 16.7 Å². The van der Waals surface area contributed by atoms with E-state index in [1.165, 1.54) is 35.4 Å². The molecule has 0 aliphatic heterocycles. The number of benzene rings is 2. The summed E-state index contributed by atoms with van der Waals surface area (Å²) in [5, 5.41) is 5.08. The van der Waals surface area contributed by atoms with Gasteiger partial charge in [-0.05, 0) is 72.6 Å². The van der Waals surface area contributed by atoms with Crippen LogP contribution in [0.2, 0.25) is 0 Å². The van der Waals surface area contributed by atoms with Crippen LogP contribution in [0, 0.1) is 0 Å². The molecule has 0 aliphatic rings. The maximum Gasteiger partial charge on any atom is 0.416 e. The van der Waals surface area contributed by atoms with E-state index in [0.717, 1.165) is 22.7 Å². The highest BCUT2D eigenvalue weighted by molar-refractivity contribution is 8.00. The van der Waals surface area contributed by atoms with Gasteiger partial charge < -0.3 is 4.31 Å². The zero-order valence-electron chi connectivity index (χ0n) is 17.2. The second-order valence-corrected chi connectivity index (χ2v) is 8.92. The molecule has 4 aromatic rings. The van der Waals surface area contributed by atoms with Crippen molar-refractivity contribution in [1.82, 2.24) is 9.97 Å². The number of thiazole rings is 1. The van der Waals surface area contributed by atoms with Crippen molar-refractivity contribution in [1.29, 1.82) is 0 Å². The molecule has 10 heteroatoms. The Labute approximate surface area is 196 Å². The van der Waals surface area contributed by atoms with Crippen molar-refractivity contribution in [2.45, 2.75) is 11.1 Å². The third kappa shape index (κ3) is 5.71. The molecule has 33 heavy (non-hydrogen) atoms. The summed E-state index contributed by atoms with van der Waals surface area (Å²) < 4.78 is 39.9. The van der Waals surface area contributed by atoms with Crippen LogP contribution in [0.5, 0.6) is 0 Å². The van der Waals surface area contributed by atoms with Gasteiger partial charge in [0, 0.05) is 34.8 Å².